The fourth-order valence-corrected chi connectivity index (χ4v) is 2.22. The number of aliphatic hydroxyl groups is 1. The largest absolute Gasteiger partial charge is 0.493 e. The predicted octanol–water partition coefficient (Wildman–Crippen LogP) is 1.94. The highest BCUT2D eigenvalue weighted by atomic mass is 16.5. The van der Waals surface area contributed by atoms with E-state index >= 15 is 0 Å². The van der Waals surface area contributed by atoms with Crippen LogP contribution in [0.1, 0.15) is 11.7 Å². The van der Waals surface area contributed by atoms with Crippen LogP contribution in [0.15, 0.2) is 30.4 Å². The van der Waals surface area contributed by atoms with Crippen LogP contribution in [0.2, 0.25) is 0 Å². The summed E-state index contributed by atoms with van der Waals surface area (Å²) in [6.45, 7) is 4.45. The number of methoxy groups -OCH3 is 2. The van der Waals surface area contributed by atoms with Crippen molar-refractivity contribution < 1.29 is 19.3 Å². The van der Waals surface area contributed by atoms with E-state index in [1.807, 2.05) is 18.2 Å². The Morgan fingerprint density at radius 2 is 2.06 bits per heavy atom. The molecule has 1 fully saturated rings. The summed E-state index contributed by atoms with van der Waals surface area (Å²) in [5.74, 6) is 1.29. The molecule has 1 aliphatic heterocycles. The molecule has 4 nitrogen and oxygen atoms in total. The molecule has 1 saturated heterocycles. The molecule has 0 radical (unpaired) electrons. The predicted molar refractivity (Wildman–Crippen MR) is 68.0 cm³/mol. The molecule has 1 unspecified atom stereocenters. The first-order valence-corrected chi connectivity index (χ1v) is 5.83. The Labute approximate surface area is 107 Å². The highest BCUT2D eigenvalue weighted by Crippen LogP contribution is 2.39. The molecule has 0 aromatic heterocycles. The van der Waals surface area contributed by atoms with E-state index in [0.717, 1.165) is 11.1 Å². The first-order valence-electron chi connectivity index (χ1n) is 5.83. The maximum absolute atomic E-state index is 9.40. The summed E-state index contributed by atoms with van der Waals surface area (Å²) in [5.41, 5.74) is 1.89. The van der Waals surface area contributed by atoms with Crippen molar-refractivity contribution in [3.05, 3.63) is 35.9 Å². The van der Waals surface area contributed by atoms with E-state index < -0.39 is 0 Å². The van der Waals surface area contributed by atoms with Crippen molar-refractivity contribution in [2.45, 2.75) is 6.10 Å². The molecule has 0 aliphatic carbocycles. The summed E-state index contributed by atoms with van der Waals surface area (Å²) < 4.78 is 16.1. The maximum atomic E-state index is 9.40. The Morgan fingerprint density at radius 3 is 2.67 bits per heavy atom. The normalized spacial score (nSPS) is 23.2. The molecule has 1 heterocycles. The molecule has 0 bridgehead atoms. The third-order valence-electron chi connectivity index (χ3n) is 3.27. The Hall–Kier alpha value is -1.52. The summed E-state index contributed by atoms with van der Waals surface area (Å²) >= 11 is 0. The van der Waals surface area contributed by atoms with Gasteiger partial charge in [-0.25, -0.2) is 0 Å². The second kappa shape index (κ2) is 5.42. The van der Waals surface area contributed by atoms with Gasteiger partial charge in [-0.1, -0.05) is 12.6 Å². The third kappa shape index (κ3) is 2.21. The molecule has 98 valence electrons. The van der Waals surface area contributed by atoms with Gasteiger partial charge in [-0.3, -0.25) is 0 Å². The molecule has 4 heteroatoms. The van der Waals surface area contributed by atoms with E-state index in [-0.39, 0.29) is 18.6 Å². The van der Waals surface area contributed by atoms with Gasteiger partial charge in [0.15, 0.2) is 11.5 Å². The molecular formula is C14H18O4. The molecule has 0 saturated carbocycles. The number of hydrogen-bond donors (Lipinski definition) is 1. The van der Waals surface area contributed by atoms with Crippen molar-refractivity contribution >= 4 is 0 Å². The van der Waals surface area contributed by atoms with Crippen molar-refractivity contribution in [1.29, 1.82) is 0 Å². The van der Waals surface area contributed by atoms with Crippen molar-refractivity contribution in [2.75, 3.05) is 27.4 Å². The van der Waals surface area contributed by atoms with Crippen molar-refractivity contribution in [3.63, 3.8) is 0 Å². The number of rotatable bonds is 4. The van der Waals surface area contributed by atoms with Gasteiger partial charge in [0, 0.05) is 5.92 Å². The van der Waals surface area contributed by atoms with Gasteiger partial charge < -0.3 is 19.3 Å². The lowest BCUT2D eigenvalue weighted by atomic mass is 9.93. The van der Waals surface area contributed by atoms with E-state index in [0.29, 0.717) is 18.1 Å². The SMILES string of the molecule is C=C1CO[C@H](c2ccc(OC)c(OC)c2)C1CO. The van der Waals surface area contributed by atoms with Gasteiger partial charge in [0.1, 0.15) is 0 Å². The number of hydrogen-bond acceptors (Lipinski definition) is 4. The van der Waals surface area contributed by atoms with Crippen LogP contribution in [0.4, 0.5) is 0 Å². The van der Waals surface area contributed by atoms with Crippen LogP contribution in [-0.4, -0.2) is 32.5 Å². The van der Waals surface area contributed by atoms with E-state index in [4.69, 9.17) is 14.2 Å². The molecule has 0 spiro atoms. The fourth-order valence-electron chi connectivity index (χ4n) is 2.22. The van der Waals surface area contributed by atoms with Crippen LogP contribution in [0.25, 0.3) is 0 Å². The topological polar surface area (TPSA) is 47.9 Å². The van der Waals surface area contributed by atoms with Gasteiger partial charge in [-0.15, -0.1) is 0 Å². The molecule has 1 aliphatic rings. The van der Waals surface area contributed by atoms with Gasteiger partial charge >= 0.3 is 0 Å². The molecular weight excluding hydrogens is 232 g/mol. The zero-order valence-electron chi connectivity index (χ0n) is 10.7. The van der Waals surface area contributed by atoms with Crippen molar-refractivity contribution in [2.24, 2.45) is 5.92 Å². The van der Waals surface area contributed by atoms with E-state index in [1.165, 1.54) is 0 Å². The molecule has 1 aromatic carbocycles. The summed E-state index contributed by atoms with van der Waals surface area (Å²) in [5, 5.41) is 9.40. The summed E-state index contributed by atoms with van der Waals surface area (Å²) in [6, 6.07) is 5.64. The lowest BCUT2D eigenvalue weighted by Crippen LogP contribution is -2.12. The lowest BCUT2D eigenvalue weighted by Gasteiger charge is -2.18. The van der Waals surface area contributed by atoms with Gasteiger partial charge in [0.2, 0.25) is 0 Å². The smallest absolute Gasteiger partial charge is 0.161 e. The van der Waals surface area contributed by atoms with Crippen LogP contribution >= 0.6 is 0 Å². The number of benzene rings is 1. The lowest BCUT2D eigenvalue weighted by molar-refractivity contribution is 0.0719. The standard InChI is InChI=1S/C14H18O4/c1-9-8-18-14(11(9)7-15)10-4-5-12(16-2)13(6-10)17-3/h4-6,11,14-15H,1,7-8H2,2-3H3/t11?,14-/m1/s1. The highest BCUT2D eigenvalue weighted by molar-refractivity contribution is 5.44. The minimum atomic E-state index is -0.165. The average Bonchev–Trinajstić information content (AvgIpc) is 2.78. The zero-order chi connectivity index (χ0) is 13.1. The number of aliphatic hydroxyl groups excluding tert-OH is 1. The summed E-state index contributed by atoms with van der Waals surface area (Å²) in [4.78, 5) is 0. The zero-order valence-corrected chi connectivity index (χ0v) is 10.7. The molecule has 2 atom stereocenters. The maximum Gasteiger partial charge on any atom is 0.161 e. The first-order chi connectivity index (χ1) is 8.71. The van der Waals surface area contributed by atoms with Gasteiger partial charge in [0.25, 0.3) is 0 Å². The van der Waals surface area contributed by atoms with E-state index in [2.05, 4.69) is 6.58 Å². The first kappa shape index (κ1) is 12.9. The molecule has 18 heavy (non-hydrogen) atoms. The minimum absolute atomic E-state index is 0.0395. The quantitative estimate of drug-likeness (QED) is 0.830. The second-order valence-electron chi connectivity index (χ2n) is 4.29. The Bertz CT molecular complexity index is 441. The van der Waals surface area contributed by atoms with Crippen LogP contribution in [0, 0.1) is 5.92 Å². The number of ether oxygens (including phenoxy) is 3. The fraction of sp³-hybridized carbons (Fsp3) is 0.429. The molecule has 2 rings (SSSR count). The van der Waals surface area contributed by atoms with Crippen molar-refractivity contribution in [1.82, 2.24) is 0 Å². The van der Waals surface area contributed by atoms with E-state index in [1.54, 1.807) is 14.2 Å². The molecule has 0 amide bonds. The third-order valence-corrected chi connectivity index (χ3v) is 3.27. The van der Waals surface area contributed by atoms with Crippen LogP contribution in [0.3, 0.4) is 0 Å². The van der Waals surface area contributed by atoms with Crippen LogP contribution in [-0.2, 0) is 4.74 Å². The van der Waals surface area contributed by atoms with E-state index in [9.17, 15) is 5.11 Å². The van der Waals surface area contributed by atoms with Crippen LogP contribution < -0.4 is 9.47 Å². The minimum Gasteiger partial charge on any atom is -0.493 e. The monoisotopic (exact) mass is 250 g/mol. The molecule has 1 aromatic rings. The Morgan fingerprint density at radius 1 is 1.33 bits per heavy atom. The van der Waals surface area contributed by atoms with Crippen LogP contribution in [0.5, 0.6) is 11.5 Å². The second-order valence-corrected chi connectivity index (χ2v) is 4.29. The Kier molecular flexibility index (Phi) is 3.89. The summed E-state index contributed by atoms with van der Waals surface area (Å²) in [7, 11) is 3.20. The van der Waals surface area contributed by atoms with Gasteiger partial charge in [0.05, 0.1) is 33.5 Å². The highest BCUT2D eigenvalue weighted by Gasteiger charge is 2.32. The Balaban J connectivity index is 2.31. The van der Waals surface area contributed by atoms with Gasteiger partial charge in [-0.05, 0) is 23.3 Å². The van der Waals surface area contributed by atoms with Crippen molar-refractivity contribution in [3.8, 4) is 11.5 Å². The summed E-state index contributed by atoms with van der Waals surface area (Å²) in [6.07, 6.45) is -0.165. The average molecular weight is 250 g/mol. The van der Waals surface area contributed by atoms with Gasteiger partial charge in [-0.2, -0.15) is 0 Å². The molecule has 1 N–H and O–H groups in total.